The number of fused-ring (bicyclic) bond motifs is 1. The molecular weight excluding hydrogens is 468 g/mol. The fourth-order valence-electron chi connectivity index (χ4n) is 4.34. The summed E-state index contributed by atoms with van der Waals surface area (Å²) in [5.41, 5.74) is 2.05. The van der Waals surface area contributed by atoms with Gasteiger partial charge in [-0.2, -0.15) is 0 Å². The van der Waals surface area contributed by atoms with E-state index in [0.29, 0.717) is 26.0 Å². The number of carbonyl (C=O) groups excluding carboxylic acids is 1. The molecule has 1 aliphatic rings. The van der Waals surface area contributed by atoms with E-state index >= 15 is 0 Å². The van der Waals surface area contributed by atoms with E-state index in [4.69, 9.17) is 9.72 Å². The first kappa shape index (κ1) is 31.0. The lowest BCUT2D eigenvalue weighted by atomic mass is 9.86. The molecule has 8 heteroatoms. The van der Waals surface area contributed by atoms with E-state index in [2.05, 4.69) is 27.7 Å². The normalized spacial score (nSPS) is 14.7. The summed E-state index contributed by atoms with van der Waals surface area (Å²) in [5.74, 6) is -0.150. The molecule has 1 aromatic heterocycles. The average molecular weight is 519 g/mol. The molecule has 3 N–H and O–H groups in total. The first-order valence-electron chi connectivity index (χ1n) is 14.0. The summed E-state index contributed by atoms with van der Waals surface area (Å²) in [6.07, 6.45) is 6.70. The molecule has 0 radical (unpaired) electrons. The Morgan fingerprint density at radius 3 is 2.59 bits per heavy atom. The summed E-state index contributed by atoms with van der Waals surface area (Å²) in [6.45, 7) is 15.9. The van der Waals surface area contributed by atoms with E-state index in [1.54, 1.807) is 0 Å². The van der Waals surface area contributed by atoms with E-state index in [1.807, 2.05) is 41.5 Å². The lowest BCUT2D eigenvalue weighted by molar-refractivity contribution is -0.142. The Kier molecular flexibility index (Phi) is 12.3. The third-order valence-corrected chi connectivity index (χ3v) is 7.02. The van der Waals surface area contributed by atoms with Crippen LogP contribution in [0, 0.1) is 5.41 Å². The van der Waals surface area contributed by atoms with Gasteiger partial charge < -0.3 is 25.4 Å². The number of amides is 1. The van der Waals surface area contributed by atoms with Crippen LogP contribution in [0.25, 0.3) is 0 Å². The number of carboxylic acids is 1. The third kappa shape index (κ3) is 12.3. The predicted molar refractivity (Wildman–Crippen MR) is 149 cm³/mol. The number of carboxylic acid groups (broad SMARTS) is 1. The maximum atomic E-state index is 12.5. The molecule has 0 spiro atoms. The van der Waals surface area contributed by atoms with Gasteiger partial charge in [0.25, 0.3) is 0 Å². The number of anilines is 1. The highest BCUT2D eigenvalue weighted by atomic mass is 16.5. The van der Waals surface area contributed by atoms with Crippen LogP contribution in [0.3, 0.4) is 0 Å². The second kappa shape index (κ2) is 14.7. The van der Waals surface area contributed by atoms with Crippen molar-refractivity contribution in [3.05, 3.63) is 23.4 Å². The van der Waals surface area contributed by atoms with Crippen LogP contribution in [0.1, 0.15) is 91.3 Å². The van der Waals surface area contributed by atoms with E-state index in [-0.39, 0.29) is 16.9 Å². The van der Waals surface area contributed by atoms with Crippen molar-refractivity contribution in [1.29, 1.82) is 0 Å². The fourth-order valence-corrected chi connectivity index (χ4v) is 4.34. The van der Waals surface area contributed by atoms with Gasteiger partial charge in [-0.25, -0.2) is 9.78 Å². The van der Waals surface area contributed by atoms with Gasteiger partial charge in [0.05, 0.1) is 12.2 Å². The van der Waals surface area contributed by atoms with Crippen LogP contribution in [0.4, 0.5) is 5.82 Å². The molecule has 1 unspecified atom stereocenters. The zero-order valence-corrected chi connectivity index (χ0v) is 24.0. The van der Waals surface area contributed by atoms with Gasteiger partial charge in [0.15, 0.2) is 0 Å². The first-order valence-corrected chi connectivity index (χ1v) is 14.0. The van der Waals surface area contributed by atoms with Crippen LogP contribution in [-0.2, 0) is 27.2 Å². The maximum absolute atomic E-state index is 12.5. The Labute approximate surface area is 223 Å². The summed E-state index contributed by atoms with van der Waals surface area (Å²) in [6, 6.07) is 3.45. The number of hydrogen-bond acceptors (Lipinski definition) is 6. The van der Waals surface area contributed by atoms with Gasteiger partial charge in [-0.1, -0.05) is 33.3 Å². The van der Waals surface area contributed by atoms with Gasteiger partial charge in [-0.05, 0) is 82.9 Å². The smallest absolute Gasteiger partial charge is 0.326 e. The Morgan fingerprint density at radius 1 is 1.16 bits per heavy atom. The molecule has 210 valence electrons. The van der Waals surface area contributed by atoms with Crippen molar-refractivity contribution >= 4 is 17.7 Å². The highest BCUT2D eigenvalue weighted by Crippen LogP contribution is 2.24. The molecule has 0 aliphatic carbocycles. The van der Waals surface area contributed by atoms with E-state index in [9.17, 15) is 14.7 Å². The molecular formula is C29H50N4O4. The SMILES string of the molecule is CCC(C)(C)CC(=O)NC(CCN(CCCCc1ccc2c(n1)NCCC2)CCOC(C)(C)C)C(=O)O. The van der Waals surface area contributed by atoms with Crippen LogP contribution in [0.15, 0.2) is 12.1 Å². The topological polar surface area (TPSA) is 104 Å². The summed E-state index contributed by atoms with van der Waals surface area (Å²) < 4.78 is 5.93. The van der Waals surface area contributed by atoms with E-state index < -0.39 is 12.0 Å². The third-order valence-electron chi connectivity index (χ3n) is 7.02. The van der Waals surface area contributed by atoms with Gasteiger partial charge in [0, 0.05) is 31.7 Å². The van der Waals surface area contributed by atoms with Gasteiger partial charge in [0.2, 0.25) is 5.91 Å². The van der Waals surface area contributed by atoms with Crippen LogP contribution in [0.2, 0.25) is 0 Å². The van der Waals surface area contributed by atoms with Crippen LogP contribution in [0.5, 0.6) is 0 Å². The molecule has 2 heterocycles. The van der Waals surface area contributed by atoms with Crippen LogP contribution < -0.4 is 10.6 Å². The predicted octanol–water partition coefficient (Wildman–Crippen LogP) is 4.67. The Hall–Kier alpha value is -2.19. The molecule has 0 saturated heterocycles. The summed E-state index contributed by atoms with van der Waals surface area (Å²) >= 11 is 0. The number of ether oxygens (including phenoxy) is 1. The number of unbranched alkanes of at least 4 members (excludes halogenated alkanes) is 1. The van der Waals surface area contributed by atoms with Crippen molar-refractivity contribution < 1.29 is 19.4 Å². The van der Waals surface area contributed by atoms with E-state index in [1.165, 1.54) is 5.56 Å². The van der Waals surface area contributed by atoms with Crippen molar-refractivity contribution in [2.45, 2.75) is 105 Å². The van der Waals surface area contributed by atoms with Gasteiger partial charge in [-0.15, -0.1) is 0 Å². The highest BCUT2D eigenvalue weighted by Gasteiger charge is 2.25. The van der Waals surface area contributed by atoms with Gasteiger partial charge >= 0.3 is 5.97 Å². The zero-order chi connectivity index (χ0) is 27.5. The molecule has 0 bridgehead atoms. The second-order valence-electron chi connectivity index (χ2n) is 12.0. The van der Waals surface area contributed by atoms with Gasteiger partial charge in [0.1, 0.15) is 11.9 Å². The van der Waals surface area contributed by atoms with Crippen molar-refractivity contribution in [2.24, 2.45) is 5.41 Å². The molecule has 0 aromatic carbocycles. The first-order chi connectivity index (χ1) is 17.4. The minimum Gasteiger partial charge on any atom is -0.480 e. The zero-order valence-electron chi connectivity index (χ0n) is 24.0. The molecule has 8 nitrogen and oxygen atoms in total. The molecule has 2 rings (SSSR count). The molecule has 0 fully saturated rings. The fraction of sp³-hybridized carbons (Fsp3) is 0.759. The van der Waals surface area contributed by atoms with Crippen LogP contribution in [-0.4, -0.2) is 71.3 Å². The molecule has 1 aromatic rings. The average Bonchev–Trinajstić information content (AvgIpc) is 2.82. The van der Waals surface area contributed by atoms with Crippen molar-refractivity contribution in [1.82, 2.24) is 15.2 Å². The van der Waals surface area contributed by atoms with Crippen LogP contribution >= 0.6 is 0 Å². The number of carbonyl (C=O) groups is 2. The highest BCUT2D eigenvalue weighted by molar-refractivity contribution is 5.83. The second-order valence-corrected chi connectivity index (χ2v) is 12.0. The number of pyridine rings is 1. The number of rotatable bonds is 16. The minimum atomic E-state index is -0.986. The molecule has 1 amide bonds. The number of nitrogens with zero attached hydrogens (tertiary/aromatic N) is 2. The Bertz CT molecular complexity index is 866. The Balaban J connectivity index is 1.88. The standard InChI is InChI=1S/C29H50N4O4/c1-7-29(5,6)21-25(34)32-24(27(35)36)15-18-33(19-20-37-28(2,3)4)17-9-8-12-23-14-13-22-11-10-16-30-26(22)31-23/h13-14,24H,7-12,15-21H2,1-6H3,(H,30,31)(H,32,34)(H,35,36). The molecule has 1 atom stereocenters. The van der Waals surface area contributed by atoms with E-state index in [0.717, 1.165) is 69.7 Å². The number of aromatic nitrogens is 1. The molecule has 0 saturated carbocycles. The lowest BCUT2D eigenvalue weighted by Gasteiger charge is -2.27. The maximum Gasteiger partial charge on any atom is 0.326 e. The summed E-state index contributed by atoms with van der Waals surface area (Å²) in [4.78, 5) is 31.4. The summed E-state index contributed by atoms with van der Waals surface area (Å²) in [5, 5.41) is 15.9. The number of aliphatic carboxylic acids is 1. The number of hydrogen-bond donors (Lipinski definition) is 3. The lowest BCUT2D eigenvalue weighted by Crippen LogP contribution is -2.44. The largest absolute Gasteiger partial charge is 0.480 e. The van der Waals surface area contributed by atoms with Crippen molar-refractivity contribution in [3.63, 3.8) is 0 Å². The van der Waals surface area contributed by atoms with Gasteiger partial charge in [-0.3, -0.25) is 4.79 Å². The quantitative estimate of drug-likeness (QED) is 0.273. The summed E-state index contributed by atoms with van der Waals surface area (Å²) in [7, 11) is 0. The van der Waals surface area contributed by atoms with Crippen molar-refractivity contribution in [3.8, 4) is 0 Å². The monoisotopic (exact) mass is 518 g/mol. The molecule has 37 heavy (non-hydrogen) atoms. The Morgan fingerprint density at radius 2 is 1.92 bits per heavy atom. The van der Waals surface area contributed by atoms with Crippen molar-refractivity contribution in [2.75, 3.05) is 38.1 Å². The number of nitrogens with one attached hydrogen (secondary N) is 2. The molecule has 1 aliphatic heterocycles. The number of aryl methyl sites for hydroxylation is 2. The minimum absolute atomic E-state index is 0.146.